The van der Waals surface area contributed by atoms with Gasteiger partial charge in [0.2, 0.25) is 17.6 Å². The van der Waals surface area contributed by atoms with Crippen molar-refractivity contribution < 1.29 is 53.1 Å². The summed E-state index contributed by atoms with van der Waals surface area (Å²) < 4.78 is 138. The number of carbonyl (C=O) groups excluding carboxylic acids is 1. The number of amides is 1. The third kappa shape index (κ3) is 3.64. The van der Waals surface area contributed by atoms with E-state index in [1.807, 2.05) is 0 Å². The molecule has 0 saturated heterocycles. The highest BCUT2D eigenvalue weighted by Crippen LogP contribution is 2.40. The topological polar surface area (TPSA) is 29.1 Å². The Bertz CT molecular complexity index is 590. The van der Waals surface area contributed by atoms with Gasteiger partial charge in [0, 0.05) is 0 Å². The Morgan fingerprint density at radius 1 is 0.696 bits per heavy atom. The number of anilines is 1. The molecule has 0 atom stereocenters. The zero-order chi connectivity index (χ0) is 18.3. The molecule has 0 saturated carbocycles. The van der Waals surface area contributed by atoms with Crippen LogP contribution in [0, 0.1) is 35.0 Å². The number of hydrogen-bond donors (Lipinski definition) is 1. The fraction of sp³-hybridized carbons (Fsp3) is 0.300. The SMILES string of the molecule is O=C(Nc1c(F)c(F)c(F)c(F)c1F)C(C(F)(F)F)C(F)(F)F. The summed E-state index contributed by atoms with van der Waals surface area (Å²) in [6, 6.07) is 0. The molecule has 1 aromatic carbocycles. The molecule has 0 heterocycles. The highest BCUT2D eigenvalue weighted by molar-refractivity contribution is 5.93. The van der Waals surface area contributed by atoms with Crippen LogP contribution in [0.1, 0.15) is 0 Å². The average Bonchev–Trinajstić information content (AvgIpc) is 2.35. The highest BCUT2D eigenvalue weighted by Gasteiger charge is 2.61. The Hall–Kier alpha value is -2.08. The van der Waals surface area contributed by atoms with Gasteiger partial charge in [-0.15, -0.1) is 0 Å². The number of alkyl halides is 6. The Morgan fingerprint density at radius 2 is 1.00 bits per heavy atom. The van der Waals surface area contributed by atoms with Crippen LogP contribution in [0.5, 0.6) is 0 Å². The maximum atomic E-state index is 13.1. The molecule has 0 spiro atoms. The first kappa shape index (κ1) is 19.0. The molecule has 23 heavy (non-hydrogen) atoms. The van der Waals surface area contributed by atoms with Gasteiger partial charge in [-0.25, -0.2) is 22.0 Å². The van der Waals surface area contributed by atoms with E-state index in [4.69, 9.17) is 0 Å². The molecule has 13 heteroatoms. The summed E-state index contributed by atoms with van der Waals surface area (Å²) in [6.07, 6.45) is -12.4. The Kier molecular flexibility index (Phi) is 4.82. The van der Waals surface area contributed by atoms with Gasteiger partial charge in [0.1, 0.15) is 5.69 Å². The van der Waals surface area contributed by atoms with Crippen LogP contribution >= 0.6 is 0 Å². The van der Waals surface area contributed by atoms with Gasteiger partial charge in [-0.1, -0.05) is 0 Å². The summed E-state index contributed by atoms with van der Waals surface area (Å²) in [4.78, 5) is 11.0. The smallest absolute Gasteiger partial charge is 0.320 e. The van der Waals surface area contributed by atoms with Crippen molar-refractivity contribution in [2.75, 3.05) is 5.32 Å². The normalized spacial score (nSPS) is 12.7. The molecule has 1 aromatic rings. The van der Waals surface area contributed by atoms with Gasteiger partial charge >= 0.3 is 12.4 Å². The van der Waals surface area contributed by atoms with Crippen LogP contribution in [0.3, 0.4) is 0 Å². The average molecular weight is 361 g/mol. The van der Waals surface area contributed by atoms with Gasteiger partial charge in [0.25, 0.3) is 0 Å². The number of benzene rings is 1. The van der Waals surface area contributed by atoms with Crippen LogP contribution in [0.25, 0.3) is 0 Å². The predicted molar refractivity (Wildman–Crippen MR) is 50.5 cm³/mol. The van der Waals surface area contributed by atoms with Crippen molar-refractivity contribution >= 4 is 11.6 Å². The van der Waals surface area contributed by atoms with Crippen LogP contribution in [0.4, 0.5) is 54.0 Å². The van der Waals surface area contributed by atoms with E-state index in [-0.39, 0.29) is 0 Å². The second-order valence-corrected chi connectivity index (χ2v) is 3.95. The molecular formula is C10H2F11NO. The Labute approximate surface area is 118 Å². The van der Waals surface area contributed by atoms with Crippen LogP contribution < -0.4 is 5.32 Å². The molecule has 0 aliphatic heterocycles. The van der Waals surface area contributed by atoms with Crippen LogP contribution in [0.15, 0.2) is 0 Å². The number of halogens is 11. The molecule has 0 aromatic heterocycles. The van der Waals surface area contributed by atoms with Crippen molar-refractivity contribution in [3.63, 3.8) is 0 Å². The Morgan fingerprint density at radius 3 is 1.30 bits per heavy atom. The van der Waals surface area contributed by atoms with E-state index in [0.29, 0.717) is 5.32 Å². The lowest BCUT2D eigenvalue weighted by molar-refractivity contribution is -0.272. The highest BCUT2D eigenvalue weighted by atomic mass is 19.4. The van der Waals surface area contributed by atoms with Crippen LogP contribution in [0.2, 0.25) is 0 Å². The number of rotatable bonds is 2. The van der Waals surface area contributed by atoms with Crippen molar-refractivity contribution in [1.82, 2.24) is 0 Å². The summed E-state index contributed by atoms with van der Waals surface area (Å²) in [6.45, 7) is 0. The van der Waals surface area contributed by atoms with Gasteiger partial charge in [0.15, 0.2) is 23.3 Å². The van der Waals surface area contributed by atoms with Gasteiger partial charge in [-0.2, -0.15) is 26.3 Å². The fourth-order valence-corrected chi connectivity index (χ4v) is 1.39. The van der Waals surface area contributed by atoms with E-state index in [2.05, 4.69) is 0 Å². The van der Waals surface area contributed by atoms with Gasteiger partial charge in [0.05, 0.1) is 0 Å². The predicted octanol–water partition coefficient (Wildman–Crippen LogP) is 4.06. The largest absolute Gasteiger partial charge is 0.409 e. The van der Waals surface area contributed by atoms with Gasteiger partial charge in [-0.3, -0.25) is 4.79 Å². The van der Waals surface area contributed by atoms with Crippen molar-refractivity contribution in [2.24, 2.45) is 5.92 Å². The van der Waals surface area contributed by atoms with E-state index < -0.39 is 59.0 Å². The molecule has 0 aliphatic rings. The van der Waals surface area contributed by atoms with Crippen molar-refractivity contribution in [1.29, 1.82) is 0 Å². The number of nitrogens with one attached hydrogen (secondary N) is 1. The number of carbonyl (C=O) groups is 1. The minimum atomic E-state index is -6.22. The first-order valence-electron chi connectivity index (χ1n) is 5.15. The van der Waals surface area contributed by atoms with E-state index in [0.717, 1.165) is 0 Å². The van der Waals surface area contributed by atoms with E-state index in [1.165, 1.54) is 0 Å². The molecule has 130 valence electrons. The summed E-state index contributed by atoms with van der Waals surface area (Å²) in [7, 11) is 0. The second kappa shape index (κ2) is 5.85. The number of hydrogen-bond acceptors (Lipinski definition) is 1. The third-order valence-electron chi connectivity index (χ3n) is 2.37. The maximum absolute atomic E-state index is 13.1. The monoisotopic (exact) mass is 361 g/mol. The van der Waals surface area contributed by atoms with Crippen LogP contribution in [-0.2, 0) is 4.79 Å². The second-order valence-electron chi connectivity index (χ2n) is 3.95. The molecule has 0 bridgehead atoms. The Balaban J connectivity index is 3.35. The van der Waals surface area contributed by atoms with Crippen molar-refractivity contribution in [3.05, 3.63) is 29.1 Å². The van der Waals surface area contributed by atoms with Crippen molar-refractivity contribution in [2.45, 2.75) is 12.4 Å². The van der Waals surface area contributed by atoms with Crippen molar-refractivity contribution in [3.8, 4) is 0 Å². The van der Waals surface area contributed by atoms with E-state index in [1.54, 1.807) is 0 Å². The van der Waals surface area contributed by atoms with E-state index in [9.17, 15) is 53.1 Å². The lowest BCUT2D eigenvalue weighted by atomic mass is 10.1. The minimum absolute atomic E-state index is 0.425. The first-order valence-corrected chi connectivity index (χ1v) is 5.15. The lowest BCUT2D eigenvalue weighted by Gasteiger charge is -2.22. The summed E-state index contributed by atoms with van der Waals surface area (Å²) in [5.41, 5.74) is -2.33. The fourth-order valence-electron chi connectivity index (χ4n) is 1.39. The summed E-state index contributed by atoms with van der Waals surface area (Å²) in [5.74, 6) is -21.4. The summed E-state index contributed by atoms with van der Waals surface area (Å²) >= 11 is 0. The van der Waals surface area contributed by atoms with Gasteiger partial charge in [-0.05, 0) is 0 Å². The van der Waals surface area contributed by atoms with Gasteiger partial charge < -0.3 is 5.32 Å². The summed E-state index contributed by atoms with van der Waals surface area (Å²) in [5, 5.41) is 0.425. The molecule has 1 amide bonds. The van der Waals surface area contributed by atoms with E-state index >= 15 is 0 Å². The molecular weight excluding hydrogens is 359 g/mol. The van der Waals surface area contributed by atoms with Crippen LogP contribution in [-0.4, -0.2) is 18.3 Å². The molecule has 1 rings (SSSR count). The molecule has 0 radical (unpaired) electrons. The molecule has 1 N–H and O–H groups in total. The molecule has 0 fully saturated rings. The molecule has 0 aliphatic carbocycles. The minimum Gasteiger partial charge on any atom is -0.320 e. The molecule has 2 nitrogen and oxygen atoms in total. The zero-order valence-corrected chi connectivity index (χ0v) is 10.1. The quantitative estimate of drug-likeness (QED) is 0.481. The lowest BCUT2D eigenvalue weighted by Crippen LogP contribution is -2.45. The third-order valence-corrected chi connectivity index (χ3v) is 2.37. The molecule has 0 unspecified atom stereocenters. The zero-order valence-electron chi connectivity index (χ0n) is 10.1. The first-order chi connectivity index (χ1) is 10.2. The maximum Gasteiger partial charge on any atom is 0.409 e. The standard InChI is InChI=1S/C10H2F11NO/c11-1-2(12)4(14)6(5(15)3(1)13)22-8(23)7(9(16,17)18)10(19,20)21/h7H,(H,22,23).